The third-order valence-electron chi connectivity index (χ3n) is 3.02. The molecule has 10 heteroatoms. The Balaban J connectivity index is 1.98. The van der Waals surface area contributed by atoms with Crippen LogP contribution in [-0.4, -0.2) is 18.5 Å². The fourth-order valence-corrected chi connectivity index (χ4v) is 1.90. The van der Waals surface area contributed by atoms with E-state index in [1.807, 2.05) is 5.32 Å². The largest absolute Gasteiger partial charge is 0.435 e. The van der Waals surface area contributed by atoms with Crippen molar-refractivity contribution in [1.29, 1.82) is 0 Å². The normalized spacial score (nSPS) is 11.2. The summed E-state index contributed by atoms with van der Waals surface area (Å²) >= 11 is 0. The highest BCUT2D eigenvalue weighted by atomic mass is 19.4. The van der Waals surface area contributed by atoms with Gasteiger partial charge in [-0.25, -0.2) is 4.79 Å². The average molecular weight is 374 g/mol. The number of amides is 3. The van der Waals surface area contributed by atoms with Crippen LogP contribution in [0.3, 0.4) is 0 Å². The molecule has 2 N–H and O–H groups in total. The van der Waals surface area contributed by atoms with Crippen LogP contribution < -0.4 is 15.4 Å². The number of imide groups is 1. The quantitative estimate of drug-likeness (QED) is 0.786. The first-order valence-corrected chi connectivity index (χ1v) is 6.99. The zero-order valence-electron chi connectivity index (χ0n) is 12.8. The Kier molecular flexibility index (Phi) is 5.75. The van der Waals surface area contributed by atoms with Crippen LogP contribution in [0.25, 0.3) is 0 Å². The number of carbonyl (C=O) groups is 2. The number of halogens is 5. The third kappa shape index (κ3) is 5.43. The molecule has 138 valence electrons. The van der Waals surface area contributed by atoms with E-state index in [9.17, 15) is 31.5 Å². The zero-order chi connectivity index (χ0) is 19.3. The number of alkyl halides is 5. The summed E-state index contributed by atoms with van der Waals surface area (Å²) in [5.41, 5.74) is -1.16. The van der Waals surface area contributed by atoms with Gasteiger partial charge in [0.1, 0.15) is 5.75 Å². The van der Waals surface area contributed by atoms with E-state index in [1.54, 1.807) is 0 Å². The molecule has 0 unspecified atom stereocenters. The van der Waals surface area contributed by atoms with Crippen molar-refractivity contribution >= 4 is 17.6 Å². The first-order chi connectivity index (χ1) is 12.1. The molecule has 0 saturated heterocycles. The number of hydrogen-bond donors (Lipinski definition) is 2. The van der Waals surface area contributed by atoms with E-state index >= 15 is 0 Å². The van der Waals surface area contributed by atoms with E-state index < -0.39 is 30.3 Å². The van der Waals surface area contributed by atoms with Crippen LogP contribution in [-0.2, 0) is 6.18 Å². The maximum atomic E-state index is 12.6. The van der Waals surface area contributed by atoms with Crippen LogP contribution in [0.4, 0.5) is 32.4 Å². The van der Waals surface area contributed by atoms with Gasteiger partial charge < -0.3 is 10.1 Å². The SMILES string of the molecule is O=C(NC(=O)c1ccc(OC(F)F)cc1)Nc1cccc(C(F)(F)F)c1. The summed E-state index contributed by atoms with van der Waals surface area (Å²) in [6.07, 6.45) is -4.58. The van der Waals surface area contributed by atoms with Crippen molar-refractivity contribution in [1.82, 2.24) is 5.32 Å². The van der Waals surface area contributed by atoms with Crippen LogP contribution in [0.15, 0.2) is 48.5 Å². The number of rotatable bonds is 4. The van der Waals surface area contributed by atoms with Crippen LogP contribution in [0.1, 0.15) is 15.9 Å². The zero-order valence-corrected chi connectivity index (χ0v) is 12.8. The molecule has 5 nitrogen and oxygen atoms in total. The summed E-state index contributed by atoms with van der Waals surface area (Å²) in [7, 11) is 0. The Morgan fingerprint density at radius 3 is 2.23 bits per heavy atom. The van der Waals surface area contributed by atoms with Crippen molar-refractivity contribution in [3.8, 4) is 5.75 Å². The number of benzene rings is 2. The molecule has 2 aromatic carbocycles. The molecule has 0 radical (unpaired) electrons. The second kappa shape index (κ2) is 7.81. The molecule has 0 spiro atoms. The van der Waals surface area contributed by atoms with Gasteiger partial charge in [0.25, 0.3) is 5.91 Å². The molecule has 0 heterocycles. The first-order valence-electron chi connectivity index (χ1n) is 6.99. The highest BCUT2D eigenvalue weighted by Gasteiger charge is 2.30. The van der Waals surface area contributed by atoms with Crippen LogP contribution in [0.5, 0.6) is 5.75 Å². The van der Waals surface area contributed by atoms with Crippen molar-refractivity contribution in [2.75, 3.05) is 5.32 Å². The van der Waals surface area contributed by atoms with Crippen LogP contribution in [0, 0.1) is 0 Å². The second-order valence-corrected chi connectivity index (χ2v) is 4.89. The van der Waals surface area contributed by atoms with Crippen molar-refractivity contribution < 1.29 is 36.3 Å². The molecule has 0 bridgehead atoms. The Morgan fingerprint density at radius 2 is 1.65 bits per heavy atom. The standard InChI is InChI=1S/C16H11F5N2O3/c17-14(18)26-12-6-4-9(5-7-12)13(24)23-15(25)22-11-3-1-2-10(8-11)16(19,20)21/h1-8,14H,(H2,22,23,24,25). The van der Waals surface area contributed by atoms with E-state index in [0.29, 0.717) is 6.07 Å². The minimum absolute atomic E-state index is 0.0363. The Bertz CT molecular complexity index is 791. The fraction of sp³-hybridized carbons (Fsp3) is 0.125. The topological polar surface area (TPSA) is 67.4 Å². The molecule has 2 rings (SSSR count). The number of anilines is 1. The predicted octanol–water partition coefficient (Wildman–Crippen LogP) is 4.27. The molecule has 0 atom stereocenters. The number of hydrogen-bond acceptors (Lipinski definition) is 3. The molecule has 3 amide bonds. The minimum Gasteiger partial charge on any atom is -0.435 e. The Hall–Kier alpha value is -3.17. The molecule has 0 aliphatic rings. The van der Waals surface area contributed by atoms with Crippen molar-refractivity contribution in [3.05, 3.63) is 59.7 Å². The van der Waals surface area contributed by atoms with Gasteiger partial charge in [0.2, 0.25) is 0 Å². The second-order valence-electron chi connectivity index (χ2n) is 4.89. The van der Waals surface area contributed by atoms with Gasteiger partial charge in [-0.3, -0.25) is 10.1 Å². The molecule has 0 aliphatic carbocycles. The average Bonchev–Trinajstić information content (AvgIpc) is 2.54. The number of carbonyl (C=O) groups excluding carboxylic acids is 2. The Labute approximate surface area is 143 Å². The molecule has 0 fully saturated rings. The van der Waals surface area contributed by atoms with Crippen molar-refractivity contribution in [2.24, 2.45) is 0 Å². The molecule has 0 aliphatic heterocycles. The molecule has 26 heavy (non-hydrogen) atoms. The third-order valence-corrected chi connectivity index (χ3v) is 3.02. The molecular formula is C16H11F5N2O3. The lowest BCUT2D eigenvalue weighted by molar-refractivity contribution is -0.137. The lowest BCUT2D eigenvalue weighted by Crippen LogP contribution is -2.34. The van der Waals surface area contributed by atoms with Gasteiger partial charge in [-0.2, -0.15) is 22.0 Å². The lowest BCUT2D eigenvalue weighted by Gasteiger charge is -2.10. The van der Waals surface area contributed by atoms with Gasteiger partial charge >= 0.3 is 18.8 Å². The molecule has 0 saturated carbocycles. The summed E-state index contributed by atoms with van der Waals surface area (Å²) in [6.45, 7) is -3.02. The van der Waals surface area contributed by atoms with Gasteiger partial charge in [0, 0.05) is 11.3 Å². The molecule has 0 aromatic heterocycles. The predicted molar refractivity (Wildman–Crippen MR) is 81.0 cm³/mol. The summed E-state index contributed by atoms with van der Waals surface area (Å²) in [5.74, 6) is -1.05. The Morgan fingerprint density at radius 1 is 1.00 bits per heavy atom. The minimum atomic E-state index is -4.58. The smallest absolute Gasteiger partial charge is 0.416 e. The summed E-state index contributed by atoms with van der Waals surface area (Å²) in [5, 5.41) is 4.00. The van der Waals surface area contributed by atoms with Crippen molar-refractivity contribution in [3.63, 3.8) is 0 Å². The highest BCUT2D eigenvalue weighted by molar-refractivity contribution is 6.08. The van der Waals surface area contributed by atoms with Gasteiger partial charge in [-0.1, -0.05) is 6.07 Å². The number of nitrogens with one attached hydrogen (secondary N) is 2. The molecule has 2 aromatic rings. The van der Waals surface area contributed by atoms with Crippen molar-refractivity contribution in [2.45, 2.75) is 12.8 Å². The van der Waals surface area contributed by atoms with E-state index in [4.69, 9.17) is 0 Å². The number of ether oxygens (including phenoxy) is 1. The molecular weight excluding hydrogens is 363 g/mol. The van der Waals surface area contributed by atoms with Gasteiger partial charge in [-0.05, 0) is 42.5 Å². The summed E-state index contributed by atoms with van der Waals surface area (Å²) in [6, 6.07) is 7.30. The lowest BCUT2D eigenvalue weighted by atomic mass is 10.2. The van der Waals surface area contributed by atoms with Gasteiger partial charge in [0.05, 0.1) is 5.56 Å². The fourth-order valence-electron chi connectivity index (χ4n) is 1.90. The summed E-state index contributed by atoms with van der Waals surface area (Å²) in [4.78, 5) is 23.6. The van der Waals surface area contributed by atoms with E-state index in [2.05, 4.69) is 10.1 Å². The number of urea groups is 1. The maximum Gasteiger partial charge on any atom is 0.416 e. The van der Waals surface area contributed by atoms with Gasteiger partial charge in [-0.15, -0.1) is 0 Å². The van der Waals surface area contributed by atoms with E-state index in [1.165, 1.54) is 6.07 Å². The first kappa shape index (κ1) is 19.2. The van der Waals surface area contributed by atoms with Gasteiger partial charge in [0.15, 0.2) is 0 Å². The van der Waals surface area contributed by atoms with E-state index in [0.717, 1.165) is 36.4 Å². The maximum absolute atomic E-state index is 12.6. The van der Waals surface area contributed by atoms with E-state index in [-0.39, 0.29) is 17.0 Å². The summed E-state index contributed by atoms with van der Waals surface area (Å²) < 4.78 is 66.0. The van der Waals surface area contributed by atoms with Crippen LogP contribution in [0.2, 0.25) is 0 Å². The van der Waals surface area contributed by atoms with Crippen LogP contribution >= 0.6 is 0 Å². The highest BCUT2D eigenvalue weighted by Crippen LogP contribution is 2.30. The monoisotopic (exact) mass is 374 g/mol.